The molecule has 0 spiro atoms. The predicted octanol–water partition coefficient (Wildman–Crippen LogP) is 5.25. The number of hydrogen-bond donors (Lipinski definition) is 1. The Morgan fingerprint density at radius 1 is 0.889 bits per heavy atom. The smallest absolute Gasteiger partial charge is 0.309 e. The van der Waals surface area contributed by atoms with Gasteiger partial charge >= 0.3 is 5.97 Å². The summed E-state index contributed by atoms with van der Waals surface area (Å²) in [6.07, 6.45) is 0. The summed E-state index contributed by atoms with van der Waals surface area (Å²) in [5.74, 6) is -0.102. The molecule has 184 valence electrons. The molecule has 0 saturated heterocycles. The number of aromatic nitrogens is 2. The monoisotopic (exact) mass is 489 g/mol. The van der Waals surface area contributed by atoms with Crippen molar-refractivity contribution in [2.45, 2.75) is 13.8 Å². The van der Waals surface area contributed by atoms with Crippen molar-refractivity contribution in [3.8, 4) is 45.5 Å². The van der Waals surface area contributed by atoms with Crippen LogP contribution in [0.25, 0.3) is 28.1 Å². The fourth-order valence-electron chi connectivity index (χ4n) is 3.79. The Labute approximate surface area is 207 Å². The van der Waals surface area contributed by atoms with E-state index in [0.29, 0.717) is 45.3 Å². The van der Waals surface area contributed by atoms with Crippen LogP contribution in [-0.4, -0.2) is 35.9 Å². The Bertz CT molecular complexity index is 1430. The summed E-state index contributed by atoms with van der Waals surface area (Å²) in [6.45, 7) is 2.70. The van der Waals surface area contributed by atoms with Gasteiger partial charge in [-0.25, -0.2) is 4.39 Å². The number of nitrogens with zero attached hydrogens (tertiary/aromatic N) is 2. The van der Waals surface area contributed by atoms with E-state index < -0.39 is 11.8 Å². The number of esters is 1. The van der Waals surface area contributed by atoms with Gasteiger partial charge < -0.3 is 19.5 Å². The summed E-state index contributed by atoms with van der Waals surface area (Å²) in [6, 6.07) is 18.1. The number of halogens is 1. The first-order valence-electron chi connectivity index (χ1n) is 11.0. The Balaban J connectivity index is 2.00. The average molecular weight is 490 g/mol. The van der Waals surface area contributed by atoms with Crippen molar-refractivity contribution in [2.24, 2.45) is 0 Å². The van der Waals surface area contributed by atoms with Crippen LogP contribution >= 0.6 is 0 Å². The Hall–Kier alpha value is -4.66. The third-order valence-electron chi connectivity index (χ3n) is 5.29. The number of hydrogen-bond acceptors (Lipinski definition) is 6. The van der Waals surface area contributed by atoms with Crippen LogP contribution in [0, 0.1) is 5.82 Å². The molecule has 1 heterocycles. The molecule has 0 aliphatic rings. The molecular formula is C27H24FN3O5. The minimum absolute atomic E-state index is 0.116. The molecule has 0 aliphatic carbocycles. The lowest BCUT2D eigenvalue weighted by Crippen LogP contribution is -2.08. The van der Waals surface area contributed by atoms with Gasteiger partial charge in [0.05, 0.1) is 25.5 Å². The Kier molecular flexibility index (Phi) is 7.00. The van der Waals surface area contributed by atoms with Gasteiger partial charge in [-0.3, -0.25) is 9.59 Å². The van der Waals surface area contributed by atoms with Gasteiger partial charge in [0.15, 0.2) is 11.5 Å². The van der Waals surface area contributed by atoms with Crippen molar-refractivity contribution >= 4 is 17.6 Å². The van der Waals surface area contributed by atoms with Crippen LogP contribution in [0.1, 0.15) is 13.8 Å². The van der Waals surface area contributed by atoms with E-state index in [9.17, 15) is 14.0 Å². The van der Waals surface area contributed by atoms with E-state index in [1.54, 1.807) is 54.6 Å². The van der Waals surface area contributed by atoms with E-state index in [-0.39, 0.29) is 11.8 Å². The highest BCUT2D eigenvalue weighted by atomic mass is 19.1. The molecule has 0 fully saturated rings. The van der Waals surface area contributed by atoms with Gasteiger partial charge in [-0.1, -0.05) is 18.2 Å². The SMILES string of the molecule is COc1ccc(-c2nn(-c3cccc(F)c3)c(OC(C)=O)c2-c2ccc(NC(C)=O)cc2)cc1OC. The van der Waals surface area contributed by atoms with Gasteiger partial charge in [0.1, 0.15) is 11.5 Å². The maximum Gasteiger partial charge on any atom is 0.309 e. The van der Waals surface area contributed by atoms with Gasteiger partial charge in [0.2, 0.25) is 11.8 Å². The first kappa shape index (κ1) is 24.5. The summed E-state index contributed by atoms with van der Waals surface area (Å²) >= 11 is 0. The van der Waals surface area contributed by atoms with Crippen LogP contribution in [-0.2, 0) is 9.59 Å². The van der Waals surface area contributed by atoms with Crippen molar-refractivity contribution in [3.63, 3.8) is 0 Å². The normalized spacial score (nSPS) is 10.6. The number of amides is 1. The molecule has 0 atom stereocenters. The number of ether oxygens (including phenoxy) is 3. The lowest BCUT2D eigenvalue weighted by molar-refractivity contribution is -0.132. The van der Waals surface area contributed by atoms with Gasteiger partial charge in [0, 0.05) is 25.1 Å². The maximum absolute atomic E-state index is 14.1. The van der Waals surface area contributed by atoms with Crippen LogP contribution in [0.5, 0.6) is 17.4 Å². The largest absolute Gasteiger partial charge is 0.493 e. The highest BCUT2D eigenvalue weighted by Gasteiger charge is 2.25. The van der Waals surface area contributed by atoms with Gasteiger partial charge in [0.25, 0.3) is 0 Å². The molecule has 0 aliphatic heterocycles. The molecular weight excluding hydrogens is 465 g/mol. The van der Waals surface area contributed by atoms with E-state index in [4.69, 9.17) is 19.3 Å². The first-order valence-corrected chi connectivity index (χ1v) is 11.0. The zero-order valence-electron chi connectivity index (χ0n) is 20.2. The summed E-state index contributed by atoms with van der Waals surface area (Å²) in [4.78, 5) is 23.6. The molecule has 0 saturated carbocycles. The Morgan fingerprint density at radius 2 is 1.58 bits per heavy atom. The second-order valence-electron chi connectivity index (χ2n) is 7.84. The molecule has 0 unspecified atom stereocenters. The number of anilines is 1. The standard InChI is InChI=1S/C27H24FN3O5/c1-16(32)29-21-11-8-18(9-12-21)25-26(19-10-13-23(34-3)24(14-19)35-4)30-31(27(25)36-17(2)33)22-7-5-6-20(28)15-22/h5-15H,1-4H3,(H,29,32). The van der Waals surface area contributed by atoms with Crippen molar-refractivity contribution in [2.75, 3.05) is 19.5 Å². The van der Waals surface area contributed by atoms with E-state index in [0.717, 1.165) is 0 Å². The third kappa shape index (κ3) is 5.05. The van der Waals surface area contributed by atoms with E-state index >= 15 is 0 Å². The zero-order valence-corrected chi connectivity index (χ0v) is 20.2. The number of rotatable bonds is 7. The van der Waals surface area contributed by atoms with Crippen LogP contribution in [0.3, 0.4) is 0 Å². The van der Waals surface area contributed by atoms with Gasteiger partial charge in [-0.05, 0) is 54.1 Å². The van der Waals surface area contributed by atoms with Gasteiger partial charge in [-0.2, -0.15) is 9.78 Å². The molecule has 9 heteroatoms. The number of methoxy groups -OCH3 is 2. The first-order chi connectivity index (χ1) is 17.3. The summed E-state index contributed by atoms with van der Waals surface area (Å²) in [5, 5.41) is 7.45. The molecule has 36 heavy (non-hydrogen) atoms. The molecule has 0 bridgehead atoms. The average Bonchev–Trinajstić information content (AvgIpc) is 3.22. The molecule has 0 radical (unpaired) electrons. The fraction of sp³-hybridized carbons (Fsp3) is 0.148. The quantitative estimate of drug-likeness (QED) is 0.357. The minimum Gasteiger partial charge on any atom is -0.493 e. The Morgan fingerprint density at radius 3 is 2.19 bits per heavy atom. The van der Waals surface area contributed by atoms with Crippen molar-refractivity contribution < 1.29 is 28.2 Å². The number of benzene rings is 3. The van der Waals surface area contributed by atoms with Gasteiger partial charge in [-0.15, -0.1) is 0 Å². The molecule has 4 rings (SSSR count). The molecule has 1 N–H and O–H groups in total. The number of carbonyl (C=O) groups is 2. The molecule has 1 amide bonds. The molecule has 3 aromatic carbocycles. The minimum atomic E-state index is -0.567. The highest BCUT2D eigenvalue weighted by Crippen LogP contribution is 2.43. The fourth-order valence-corrected chi connectivity index (χ4v) is 3.79. The zero-order chi connectivity index (χ0) is 25.8. The van der Waals surface area contributed by atoms with Crippen LogP contribution < -0.4 is 19.5 Å². The van der Waals surface area contributed by atoms with Crippen molar-refractivity contribution in [3.05, 3.63) is 72.5 Å². The van der Waals surface area contributed by atoms with Crippen molar-refractivity contribution in [1.29, 1.82) is 0 Å². The van der Waals surface area contributed by atoms with Crippen LogP contribution in [0.4, 0.5) is 10.1 Å². The number of carbonyl (C=O) groups excluding carboxylic acids is 2. The number of nitrogens with one attached hydrogen (secondary N) is 1. The van der Waals surface area contributed by atoms with Crippen LogP contribution in [0.2, 0.25) is 0 Å². The lowest BCUT2D eigenvalue weighted by Gasteiger charge is -2.11. The summed E-state index contributed by atoms with van der Waals surface area (Å²) in [5.41, 5.74) is 3.24. The third-order valence-corrected chi connectivity index (χ3v) is 5.29. The highest BCUT2D eigenvalue weighted by molar-refractivity contribution is 5.91. The van der Waals surface area contributed by atoms with E-state index in [1.165, 1.54) is 44.9 Å². The predicted molar refractivity (Wildman–Crippen MR) is 133 cm³/mol. The lowest BCUT2D eigenvalue weighted by atomic mass is 10.0. The van der Waals surface area contributed by atoms with Crippen LogP contribution in [0.15, 0.2) is 66.7 Å². The second kappa shape index (κ2) is 10.3. The topological polar surface area (TPSA) is 91.7 Å². The molecule has 1 aromatic heterocycles. The maximum atomic E-state index is 14.1. The second-order valence-corrected chi connectivity index (χ2v) is 7.84. The summed E-state index contributed by atoms with van der Waals surface area (Å²) < 4.78 is 32.0. The van der Waals surface area contributed by atoms with Crippen molar-refractivity contribution in [1.82, 2.24) is 9.78 Å². The summed E-state index contributed by atoms with van der Waals surface area (Å²) in [7, 11) is 3.07. The molecule has 8 nitrogen and oxygen atoms in total. The van der Waals surface area contributed by atoms with E-state index in [1.807, 2.05) is 0 Å². The van der Waals surface area contributed by atoms with E-state index in [2.05, 4.69) is 5.32 Å². The molecule has 4 aromatic rings.